The third-order valence-electron chi connectivity index (χ3n) is 4.09. The first kappa shape index (κ1) is 17.0. The highest BCUT2D eigenvalue weighted by molar-refractivity contribution is 5.74. The summed E-state index contributed by atoms with van der Waals surface area (Å²) in [5.41, 5.74) is 1.08. The van der Waals surface area contributed by atoms with Crippen molar-refractivity contribution in [1.82, 2.24) is 20.4 Å². The number of benzene rings is 1. The molecule has 1 aliphatic heterocycles. The molecule has 1 aromatic heterocycles. The van der Waals surface area contributed by atoms with Crippen LogP contribution in [0, 0.1) is 0 Å². The third kappa shape index (κ3) is 4.59. The van der Waals surface area contributed by atoms with Crippen LogP contribution in [0.3, 0.4) is 0 Å². The Kier molecular flexibility index (Phi) is 5.33. The van der Waals surface area contributed by atoms with E-state index < -0.39 is 0 Å². The molecule has 0 bridgehead atoms. The Morgan fingerprint density at radius 2 is 2.04 bits per heavy atom. The number of carbonyl (C=O) groups is 1. The molecule has 0 spiro atoms. The fourth-order valence-corrected chi connectivity index (χ4v) is 2.68. The molecule has 3 rings (SSSR count). The molecule has 1 saturated heterocycles. The van der Waals surface area contributed by atoms with Gasteiger partial charge in [0, 0.05) is 39.7 Å². The van der Waals surface area contributed by atoms with Gasteiger partial charge in [0.2, 0.25) is 5.88 Å². The molecule has 0 saturated carbocycles. The second kappa shape index (κ2) is 7.83. The average molecular weight is 341 g/mol. The molecule has 2 aromatic rings. The fourth-order valence-electron chi connectivity index (χ4n) is 2.68. The zero-order valence-corrected chi connectivity index (χ0v) is 14.6. The molecular weight excluding hydrogens is 318 g/mol. The van der Waals surface area contributed by atoms with E-state index in [2.05, 4.69) is 15.5 Å². The van der Waals surface area contributed by atoms with Crippen molar-refractivity contribution in [2.45, 2.75) is 19.1 Å². The second-order valence-electron chi connectivity index (χ2n) is 6.24. The van der Waals surface area contributed by atoms with E-state index >= 15 is 0 Å². The molecule has 7 nitrogen and oxygen atoms in total. The number of urea groups is 1. The maximum absolute atomic E-state index is 12.3. The van der Waals surface area contributed by atoms with Crippen LogP contribution in [0.5, 0.6) is 5.88 Å². The van der Waals surface area contributed by atoms with Crippen LogP contribution in [-0.4, -0.2) is 54.4 Å². The Labute approximate surface area is 147 Å². The van der Waals surface area contributed by atoms with Crippen molar-refractivity contribution in [3.63, 3.8) is 0 Å². The van der Waals surface area contributed by atoms with Gasteiger partial charge < -0.3 is 19.9 Å². The SMILES string of the molecule is CN(C)c1ccc(OC2CCN(C(=O)NCc3ccccc3)C2)nn1. The monoisotopic (exact) mass is 341 g/mol. The number of aromatic nitrogens is 2. The van der Waals surface area contributed by atoms with Crippen LogP contribution in [0.1, 0.15) is 12.0 Å². The molecule has 25 heavy (non-hydrogen) atoms. The molecule has 2 heterocycles. The van der Waals surface area contributed by atoms with Gasteiger partial charge >= 0.3 is 6.03 Å². The summed E-state index contributed by atoms with van der Waals surface area (Å²) < 4.78 is 5.84. The Morgan fingerprint density at radius 1 is 1.24 bits per heavy atom. The average Bonchev–Trinajstić information content (AvgIpc) is 3.09. The van der Waals surface area contributed by atoms with E-state index in [-0.39, 0.29) is 12.1 Å². The number of hydrogen-bond donors (Lipinski definition) is 1. The standard InChI is InChI=1S/C18H23N5O2/c1-22(2)16-8-9-17(21-20-16)25-15-10-11-23(13-15)18(24)19-12-14-6-4-3-5-7-14/h3-9,15H,10-13H2,1-2H3,(H,19,24). The summed E-state index contributed by atoms with van der Waals surface area (Å²) in [6.45, 7) is 1.76. The topological polar surface area (TPSA) is 70.6 Å². The summed E-state index contributed by atoms with van der Waals surface area (Å²) in [5.74, 6) is 1.27. The normalized spacial score (nSPS) is 16.6. The number of nitrogens with one attached hydrogen (secondary N) is 1. The molecule has 1 unspecified atom stereocenters. The maximum atomic E-state index is 12.3. The van der Waals surface area contributed by atoms with Gasteiger partial charge in [0.15, 0.2) is 5.82 Å². The van der Waals surface area contributed by atoms with Crippen LogP contribution in [0.25, 0.3) is 0 Å². The molecular formula is C18H23N5O2. The Morgan fingerprint density at radius 3 is 2.72 bits per heavy atom. The molecule has 2 amide bonds. The lowest BCUT2D eigenvalue weighted by Crippen LogP contribution is -2.39. The Bertz CT molecular complexity index is 690. The van der Waals surface area contributed by atoms with Crippen molar-refractivity contribution in [2.75, 3.05) is 32.1 Å². The van der Waals surface area contributed by atoms with Crippen LogP contribution >= 0.6 is 0 Å². The van der Waals surface area contributed by atoms with Crippen molar-refractivity contribution in [1.29, 1.82) is 0 Å². The lowest BCUT2D eigenvalue weighted by atomic mass is 10.2. The zero-order valence-electron chi connectivity index (χ0n) is 14.6. The van der Waals surface area contributed by atoms with E-state index in [4.69, 9.17) is 4.74 Å². The van der Waals surface area contributed by atoms with Gasteiger partial charge in [-0.25, -0.2) is 4.79 Å². The van der Waals surface area contributed by atoms with Gasteiger partial charge in [-0.3, -0.25) is 0 Å². The van der Waals surface area contributed by atoms with Crippen molar-refractivity contribution in [3.8, 4) is 5.88 Å². The van der Waals surface area contributed by atoms with Crippen LogP contribution in [0.4, 0.5) is 10.6 Å². The summed E-state index contributed by atoms with van der Waals surface area (Å²) in [5, 5.41) is 11.1. The fraction of sp³-hybridized carbons (Fsp3) is 0.389. The summed E-state index contributed by atoms with van der Waals surface area (Å²) in [6, 6.07) is 13.5. The zero-order chi connectivity index (χ0) is 17.6. The number of ether oxygens (including phenoxy) is 1. The van der Waals surface area contributed by atoms with Gasteiger partial charge in [-0.2, -0.15) is 0 Å². The van der Waals surface area contributed by atoms with E-state index in [0.717, 1.165) is 17.8 Å². The predicted octanol–water partition coefficient (Wildman–Crippen LogP) is 1.91. The van der Waals surface area contributed by atoms with Gasteiger partial charge in [-0.15, -0.1) is 10.2 Å². The van der Waals surface area contributed by atoms with Crippen LogP contribution in [0.15, 0.2) is 42.5 Å². The minimum Gasteiger partial charge on any atom is -0.471 e. The van der Waals surface area contributed by atoms with Crippen molar-refractivity contribution in [3.05, 3.63) is 48.0 Å². The van der Waals surface area contributed by atoms with Gasteiger partial charge in [-0.1, -0.05) is 30.3 Å². The first-order chi connectivity index (χ1) is 12.1. The molecule has 1 fully saturated rings. The quantitative estimate of drug-likeness (QED) is 0.899. The van der Waals surface area contributed by atoms with Gasteiger partial charge in [0.05, 0.1) is 6.54 Å². The molecule has 7 heteroatoms. The number of hydrogen-bond acceptors (Lipinski definition) is 5. The van der Waals surface area contributed by atoms with E-state index in [9.17, 15) is 4.79 Å². The van der Waals surface area contributed by atoms with Crippen molar-refractivity contribution < 1.29 is 9.53 Å². The predicted molar refractivity (Wildman–Crippen MR) is 95.6 cm³/mol. The highest BCUT2D eigenvalue weighted by Gasteiger charge is 2.27. The summed E-state index contributed by atoms with van der Waals surface area (Å²) in [7, 11) is 3.82. The number of carbonyl (C=O) groups excluding carboxylic acids is 1. The lowest BCUT2D eigenvalue weighted by molar-refractivity contribution is 0.182. The largest absolute Gasteiger partial charge is 0.471 e. The summed E-state index contributed by atoms with van der Waals surface area (Å²) >= 11 is 0. The Hall–Kier alpha value is -2.83. The Balaban J connectivity index is 1.47. The molecule has 1 atom stereocenters. The third-order valence-corrected chi connectivity index (χ3v) is 4.09. The van der Waals surface area contributed by atoms with Crippen LogP contribution in [0.2, 0.25) is 0 Å². The molecule has 0 aliphatic carbocycles. The first-order valence-corrected chi connectivity index (χ1v) is 8.36. The van der Waals surface area contributed by atoms with Crippen LogP contribution < -0.4 is 15.0 Å². The first-order valence-electron chi connectivity index (χ1n) is 8.36. The maximum Gasteiger partial charge on any atom is 0.317 e. The van der Waals surface area contributed by atoms with Crippen molar-refractivity contribution in [2.24, 2.45) is 0 Å². The molecule has 1 aromatic carbocycles. The van der Waals surface area contributed by atoms with Crippen LogP contribution in [-0.2, 0) is 6.54 Å². The number of nitrogens with zero attached hydrogens (tertiary/aromatic N) is 4. The molecule has 0 radical (unpaired) electrons. The highest BCUT2D eigenvalue weighted by atomic mass is 16.5. The minimum atomic E-state index is -0.0657. The molecule has 132 valence electrons. The smallest absolute Gasteiger partial charge is 0.317 e. The van der Waals surface area contributed by atoms with E-state index in [1.165, 1.54) is 0 Å². The number of rotatable bonds is 5. The molecule has 1 aliphatic rings. The highest BCUT2D eigenvalue weighted by Crippen LogP contribution is 2.17. The van der Waals surface area contributed by atoms with Gasteiger partial charge in [0.1, 0.15) is 6.10 Å². The summed E-state index contributed by atoms with van der Waals surface area (Å²) in [4.78, 5) is 15.9. The number of amides is 2. The number of anilines is 1. The van der Waals surface area contributed by atoms with Crippen molar-refractivity contribution >= 4 is 11.8 Å². The lowest BCUT2D eigenvalue weighted by Gasteiger charge is -2.18. The second-order valence-corrected chi connectivity index (χ2v) is 6.24. The summed E-state index contributed by atoms with van der Waals surface area (Å²) in [6.07, 6.45) is 0.734. The van der Waals surface area contributed by atoms with Gasteiger partial charge in [-0.05, 0) is 11.6 Å². The van der Waals surface area contributed by atoms with Gasteiger partial charge in [0.25, 0.3) is 0 Å². The number of likely N-dealkylation sites (tertiary alicyclic amines) is 1. The van der Waals surface area contributed by atoms with E-state index in [1.54, 1.807) is 11.0 Å². The van der Waals surface area contributed by atoms with E-state index in [0.29, 0.717) is 25.5 Å². The molecule has 1 N–H and O–H groups in total. The van der Waals surface area contributed by atoms with E-state index in [1.807, 2.05) is 55.4 Å². The minimum absolute atomic E-state index is 0.0537.